The molecule has 2 aromatic heterocycles. The number of hydrogen-bond donors (Lipinski definition) is 1. The molecule has 1 atom stereocenters. The van der Waals surface area contributed by atoms with Crippen LogP contribution < -0.4 is 15.2 Å². The highest BCUT2D eigenvalue weighted by Gasteiger charge is 2.27. The Bertz CT molecular complexity index is 1300. The van der Waals surface area contributed by atoms with Crippen LogP contribution >= 0.6 is 35.1 Å². The molecule has 0 spiro atoms. The summed E-state index contributed by atoms with van der Waals surface area (Å²) in [6, 6.07) is 16.3. The summed E-state index contributed by atoms with van der Waals surface area (Å²) in [5.41, 5.74) is 2.24. The van der Waals surface area contributed by atoms with Crippen LogP contribution in [0.4, 0.5) is 10.8 Å². The summed E-state index contributed by atoms with van der Waals surface area (Å²) >= 11 is 8.75. The van der Waals surface area contributed by atoms with Gasteiger partial charge in [-0.2, -0.15) is 4.37 Å². The Morgan fingerprint density at radius 2 is 2.06 bits per heavy atom. The third-order valence-corrected chi connectivity index (χ3v) is 8.06. The maximum atomic E-state index is 13.0. The molecule has 2 aromatic carbocycles. The van der Waals surface area contributed by atoms with Gasteiger partial charge >= 0.3 is 0 Å². The van der Waals surface area contributed by atoms with E-state index in [2.05, 4.69) is 50.0 Å². The van der Waals surface area contributed by atoms with Crippen LogP contribution in [0.1, 0.15) is 13.3 Å². The summed E-state index contributed by atoms with van der Waals surface area (Å²) in [5.74, 6) is 6.25. The highest BCUT2D eigenvalue weighted by Crippen LogP contribution is 2.29. The zero-order chi connectivity index (χ0) is 24.4. The van der Waals surface area contributed by atoms with Gasteiger partial charge in [0.2, 0.25) is 11.0 Å². The summed E-state index contributed by atoms with van der Waals surface area (Å²) in [7, 11) is 0. The highest BCUT2D eigenvalue weighted by atomic mass is 35.5. The van der Waals surface area contributed by atoms with Crippen LogP contribution in [0, 0.1) is 0 Å². The van der Waals surface area contributed by atoms with Gasteiger partial charge in [0.1, 0.15) is 6.33 Å². The summed E-state index contributed by atoms with van der Waals surface area (Å²) in [4.78, 5) is 22.5. The van der Waals surface area contributed by atoms with Crippen molar-refractivity contribution in [3.05, 3.63) is 66.1 Å². The molecule has 1 amide bonds. The first kappa shape index (κ1) is 23.9. The zero-order valence-electron chi connectivity index (χ0n) is 19.2. The predicted octanol–water partition coefficient (Wildman–Crippen LogP) is 4.66. The first-order chi connectivity index (χ1) is 17.0. The van der Waals surface area contributed by atoms with Gasteiger partial charge in [-0.1, -0.05) is 11.6 Å². The lowest BCUT2D eigenvalue weighted by molar-refractivity contribution is -0.133. The van der Waals surface area contributed by atoms with Gasteiger partial charge in [0.05, 0.1) is 0 Å². The fraction of sp³-hybridized carbons (Fsp3) is 0.292. The lowest BCUT2D eigenvalue weighted by Gasteiger charge is -2.41. The number of carbonyl (C=O) groups is 1. The number of carbonyl (C=O) groups excluding carboxylic acids is 1. The second-order valence-corrected chi connectivity index (χ2v) is 10.7. The van der Waals surface area contributed by atoms with E-state index in [0.29, 0.717) is 24.6 Å². The van der Waals surface area contributed by atoms with Crippen molar-refractivity contribution < 1.29 is 4.79 Å². The number of anilines is 2. The first-order valence-electron chi connectivity index (χ1n) is 11.4. The first-order valence-corrected chi connectivity index (χ1v) is 13.3. The van der Waals surface area contributed by atoms with E-state index in [1.54, 1.807) is 0 Å². The SMILES string of the molecule is CC1CN(c2ccc(SN(N)c3ncns3)cc2)CCN1C(=O)CCn1ccc2cc(Cl)ccc21. The van der Waals surface area contributed by atoms with Gasteiger partial charge in [0, 0.05) is 94.8 Å². The Balaban J connectivity index is 1.15. The summed E-state index contributed by atoms with van der Waals surface area (Å²) in [5, 5.41) is 2.47. The van der Waals surface area contributed by atoms with E-state index < -0.39 is 0 Å². The van der Waals surface area contributed by atoms with E-state index in [9.17, 15) is 4.79 Å². The molecule has 11 heteroatoms. The van der Waals surface area contributed by atoms with E-state index in [0.717, 1.165) is 39.6 Å². The van der Waals surface area contributed by atoms with Crippen LogP contribution in [0.15, 0.2) is 66.0 Å². The molecule has 35 heavy (non-hydrogen) atoms. The largest absolute Gasteiger partial charge is 0.368 e. The topological polar surface area (TPSA) is 83.5 Å². The highest BCUT2D eigenvalue weighted by molar-refractivity contribution is 8.00. The van der Waals surface area contributed by atoms with Gasteiger partial charge in [0.25, 0.3) is 0 Å². The minimum absolute atomic E-state index is 0.141. The number of hydrazine groups is 1. The van der Waals surface area contributed by atoms with Crippen LogP contribution in [0.25, 0.3) is 10.9 Å². The van der Waals surface area contributed by atoms with Crippen LogP contribution in [0.3, 0.4) is 0 Å². The molecular formula is C24H26ClN7OS2. The van der Waals surface area contributed by atoms with Crippen molar-refractivity contribution >= 4 is 62.7 Å². The van der Waals surface area contributed by atoms with Crippen molar-refractivity contribution in [1.29, 1.82) is 0 Å². The van der Waals surface area contributed by atoms with Gasteiger partial charge in [-0.15, -0.1) is 0 Å². The Kier molecular flexibility index (Phi) is 7.14. The number of benzene rings is 2. The fourth-order valence-corrected chi connectivity index (χ4v) is 5.79. The van der Waals surface area contributed by atoms with E-state index in [1.165, 1.54) is 34.2 Å². The molecule has 4 aromatic rings. The molecule has 0 bridgehead atoms. The fourth-order valence-electron chi connectivity index (χ4n) is 4.42. The number of aryl methyl sites for hydroxylation is 1. The molecule has 5 rings (SSSR count). The van der Waals surface area contributed by atoms with Gasteiger partial charge in [-0.05, 0) is 55.5 Å². The second kappa shape index (κ2) is 10.4. The Hall–Kier alpha value is -2.79. The molecule has 0 aliphatic carbocycles. The second-order valence-electron chi connectivity index (χ2n) is 8.48. The van der Waals surface area contributed by atoms with Crippen LogP contribution in [0.2, 0.25) is 5.02 Å². The van der Waals surface area contributed by atoms with E-state index in [1.807, 2.05) is 35.4 Å². The smallest absolute Gasteiger partial charge is 0.230 e. The normalized spacial score (nSPS) is 16.1. The molecule has 1 aliphatic heterocycles. The Morgan fingerprint density at radius 3 is 2.80 bits per heavy atom. The van der Waals surface area contributed by atoms with Crippen molar-refractivity contribution in [2.45, 2.75) is 30.8 Å². The number of rotatable bonds is 7. The maximum Gasteiger partial charge on any atom is 0.230 e. The van der Waals surface area contributed by atoms with Crippen molar-refractivity contribution in [3.8, 4) is 0 Å². The molecule has 1 aliphatic rings. The van der Waals surface area contributed by atoms with Gasteiger partial charge in [-0.3, -0.25) is 4.79 Å². The molecular weight excluding hydrogens is 502 g/mol. The summed E-state index contributed by atoms with van der Waals surface area (Å²) in [6.45, 7) is 5.10. The maximum absolute atomic E-state index is 13.0. The van der Waals surface area contributed by atoms with Gasteiger partial charge in [0.15, 0.2) is 0 Å². The Morgan fingerprint density at radius 1 is 1.23 bits per heavy atom. The zero-order valence-corrected chi connectivity index (χ0v) is 21.6. The predicted molar refractivity (Wildman–Crippen MR) is 144 cm³/mol. The van der Waals surface area contributed by atoms with Crippen molar-refractivity contribution in [3.63, 3.8) is 0 Å². The van der Waals surface area contributed by atoms with E-state index in [4.69, 9.17) is 17.4 Å². The summed E-state index contributed by atoms with van der Waals surface area (Å²) < 4.78 is 7.62. The quantitative estimate of drug-likeness (QED) is 0.212. The van der Waals surface area contributed by atoms with E-state index in [-0.39, 0.29) is 11.9 Å². The number of hydrogen-bond acceptors (Lipinski definition) is 8. The average Bonchev–Trinajstić information content (AvgIpc) is 3.53. The van der Waals surface area contributed by atoms with E-state index >= 15 is 0 Å². The molecule has 2 N–H and O–H groups in total. The molecule has 8 nitrogen and oxygen atoms in total. The number of piperazine rings is 1. The van der Waals surface area contributed by atoms with Crippen molar-refractivity contribution in [1.82, 2.24) is 18.8 Å². The molecule has 0 saturated carbocycles. The Labute approximate surface area is 217 Å². The number of nitrogens with two attached hydrogens (primary N) is 1. The van der Waals surface area contributed by atoms with Crippen molar-refractivity contribution in [2.75, 3.05) is 28.9 Å². The monoisotopic (exact) mass is 527 g/mol. The lowest BCUT2D eigenvalue weighted by Crippen LogP contribution is -2.54. The number of amides is 1. The van der Waals surface area contributed by atoms with Gasteiger partial charge < -0.3 is 14.4 Å². The molecule has 3 heterocycles. The lowest BCUT2D eigenvalue weighted by atomic mass is 10.1. The molecule has 1 fully saturated rings. The van der Waals surface area contributed by atoms with Gasteiger partial charge in [-0.25, -0.2) is 15.2 Å². The third-order valence-electron chi connectivity index (χ3n) is 6.19. The molecule has 1 unspecified atom stereocenters. The summed E-state index contributed by atoms with van der Waals surface area (Å²) in [6.07, 6.45) is 4.00. The standard InChI is InChI=1S/C24H26ClN7OS2/c1-17-15-30(20-3-5-21(6-4-20)35-32(26)24-27-16-28-34-24)12-13-31(17)23(33)9-11-29-10-8-18-14-19(25)2-7-22(18)29/h2-8,10,14,16-17H,9,11-13,15,26H2,1H3. The van der Waals surface area contributed by atoms with Crippen molar-refractivity contribution in [2.24, 2.45) is 5.84 Å². The number of nitrogens with zero attached hydrogens (tertiary/aromatic N) is 6. The number of halogens is 1. The molecule has 1 saturated heterocycles. The average molecular weight is 528 g/mol. The number of aromatic nitrogens is 3. The minimum atomic E-state index is 0.141. The third kappa shape index (κ3) is 5.40. The number of fused-ring (bicyclic) bond motifs is 1. The van der Waals surface area contributed by atoms with Crippen LogP contribution in [-0.2, 0) is 11.3 Å². The van der Waals surface area contributed by atoms with Crippen LogP contribution in [0.5, 0.6) is 0 Å². The minimum Gasteiger partial charge on any atom is -0.368 e. The molecule has 0 radical (unpaired) electrons. The molecule has 182 valence electrons. The van der Waals surface area contributed by atoms with Crippen LogP contribution in [-0.4, -0.2) is 50.4 Å².